The average molecular weight is 289 g/mol. The Balaban J connectivity index is 2.63. The van der Waals surface area contributed by atoms with Crippen molar-refractivity contribution in [3.8, 4) is 17.1 Å². The molecule has 1 heterocycles. The maximum Gasteiger partial charge on any atom is 0.261 e. The van der Waals surface area contributed by atoms with Crippen LogP contribution in [0.5, 0.6) is 5.75 Å². The van der Waals surface area contributed by atoms with Crippen LogP contribution in [-0.4, -0.2) is 25.7 Å². The number of nitrogens with zero attached hydrogens (tertiary/aromatic N) is 2. The molecule has 18 heavy (non-hydrogen) atoms. The van der Waals surface area contributed by atoms with Gasteiger partial charge in [0.25, 0.3) is 9.05 Å². The molecule has 6 nitrogen and oxygen atoms in total. The highest BCUT2D eigenvalue weighted by Gasteiger charge is 2.17. The monoisotopic (exact) mass is 288 g/mol. The highest BCUT2D eigenvalue weighted by molar-refractivity contribution is 8.13. The highest BCUT2D eigenvalue weighted by atomic mass is 35.7. The summed E-state index contributed by atoms with van der Waals surface area (Å²) < 4.78 is 32.5. The van der Waals surface area contributed by atoms with Gasteiger partial charge in [0, 0.05) is 17.6 Å². The molecule has 0 aliphatic rings. The lowest BCUT2D eigenvalue weighted by atomic mass is 10.2. The third-order valence-electron chi connectivity index (χ3n) is 2.22. The summed E-state index contributed by atoms with van der Waals surface area (Å²) in [5, 5.41) is 3.71. The number of hydrogen-bond acceptors (Lipinski definition) is 6. The van der Waals surface area contributed by atoms with Crippen molar-refractivity contribution in [3.05, 3.63) is 24.1 Å². The molecule has 0 N–H and O–H groups in total. The van der Waals surface area contributed by atoms with Crippen LogP contribution in [0.4, 0.5) is 0 Å². The van der Waals surface area contributed by atoms with E-state index in [1.165, 1.54) is 25.3 Å². The molecule has 0 aliphatic carbocycles. The van der Waals surface area contributed by atoms with Crippen molar-refractivity contribution in [1.29, 1.82) is 0 Å². The molecule has 0 spiro atoms. The van der Waals surface area contributed by atoms with Crippen LogP contribution in [-0.2, 0) is 9.05 Å². The number of methoxy groups -OCH3 is 1. The van der Waals surface area contributed by atoms with Crippen LogP contribution >= 0.6 is 10.7 Å². The average Bonchev–Trinajstić information content (AvgIpc) is 2.73. The molecule has 0 saturated heterocycles. The van der Waals surface area contributed by atoms with Crippen molar-refractivity contribution in [2.45, 2.75) is 11.8 Å². The third kappa shape index (κ3) is 2.46. The van der Waals surface area contributed by atoms with Crippen LogP contribution in [0.1, 0.15) is 5.89 Å². The van der Waals surface area contributed by atoms with Crippen molar-refractivity contribution in [2.24, 2.45) is 0 Å². The zero-order valence-electron chi connectivity index (χ0n) is 9.55. The standard InChI is InChI=1S/C10H9ClN2O4S/c1-6-12-10(13-17-6)8-5-7(18(11,14)15)3-4-9(8)16-2/h3-5H,1-2H3. The number of rotatable bonds is 3. The Morgan fingerprint density at radius 2 is 2.11 bits per heavy atom. The van der Waals surface area contributed by atoms with E-state index in [2.05, 4.69) is 10.1 Å². The van der Waals surface area contributed by atoms with Gasteiger partial charge < -0.3 is 9.26 Å². The molecule has 1 aromatic carbocycles. The fourth-order valence-electron chi connectivity index (χ4n) is 1.42. The van der Waals surface area contributed by atoms with Crippen LogP contribution in [0.25, 0.3) is 11.4 Å². The summed E-state index contributed by atoms with van der Waals surface area (Å²) in [5.41, 5.74) is 0.399. The van der Waals surface area contributed by atoms with Crippen LogP contribution in [0.2, 0.25) is 0 Å². The quantitative estimate of drug-likeness (QED) is 0.803. The van der Waals surface area contributed by atoms with Crippen molar-refractivity contribution in [3.63, 3.8) is 0 Å². The molecule has 0 radical (unpaired) electrons. The maximum atomic E-state index is 11.3. The first-order valence-corrected chi connectivity index (χ1v) is 7.16. The Morgan fingerprint density at radius 1 is 1.39 bits per heavy atom. The van der Waals surface area contributed by atoms with Crippen LogP contribution in [0.15, 0.2) is 27.6 Å². The van der Waals surface area contributed by atoms with Gasteiger partial charge >= 0.3 is 0 Å². The summed E-state index contributed by atoms with van der Waals surface area (Å²) >= 11 is 0. The van der Waals surface area contributed by atoms with E-state index in [0.29, 0.717) is 17.2 Å². The van der Waals surface area contributed by atoms with Gasteiger partial charge in [-0.05, 0) is 18.2 Å². The fourth-order valence-corrected chi connectivity index (χ4v) is 2.20. The topological polar surface area (TPSA) is 82.3 Å². The number of halogens is 1. The van der Waals surface area contributed by atoms with Gasteiger partial charge in [0.05, 0.1) is 17.6 Å². The van der Waals surface area contributed by atoms with Crippen LogP contribution in [0.3, 0.4) is 0 Å². The molecule has 96 valence electrons. The number of benzene rings is 1. The number of aromatic nitrogens is 2. The SMILES string of the molecule is COc1ccc(S(=O)(=O)Cl)cc1-c1noc(C)n1. The van der Waals surface area contributed by atoms with Gasteiger partial charge in [0.15, 0.2) is 0 Å². The minimum Gasteiger partial charge on any atom is -0.496 e. The van der Waals surface area contributed by atoms with E-state index in [4.69, 9.17) is 19.9 Å². The summed E-state index contributed by atoms with van der Waals surface area (Å²) in [6, 6.07) is 4.17. The molecule has 8 heteroatoms. The van der Waals surface area contributed by atoms with Crippen LogP contribution in [0, 0.1) is 6.92 Å². The van der Waals surface area contributed by atoms with E-state index in [9.17, 15) is 8.42 Å². The summed E-state index contributed by atoms with van der Waals surface area (Å²) in [6.45, 7) is 1.63. The lowest BCUT2D eigenvalue weighted by molar-refractivity contribution is 0.392. The molecule has 2 aromatic rings. The first-order chi connectivity index (χ1) is 8.41. The second-order valence-electron chi connectivity index (χ2n) is 3.44. The van der Waals surface area contributed by atoms with E-state index < -0.39 is 9.05 Å². The Kier molecular flexibility index (Phi) is 3.27. The minimum atomic E-state index is -3.82. The summed E-state index contributed by atoms with van der Waals surface area (Å²) in [5.74, 6) is 1.04. The molecule has 2 rings (SSSR count). The van der Waals surface area contributed by atoms with E-state index in [0.717, 1.165) is 0 Å². The Labute approximate surface area is 108 Å². The molecule has 0 aliphatic heterocycles. The number of aryl methyl sites for hydroxylation is 1. The molecule has 0 amide bonds. The summed E-state index contributed by atoms with van der Waals surface area (Å²) in [6.07, 6.45) is 0. The highest BCUT2D eigenvalue weighted by Crippen LogP contribution is 2.31. The minimum absolute atomic E-state index is 0.0533. The van der Waals surface area contributed by atoms with Gasteiger partial charge in [0.1, 0.15) is 5.75 Å². The third-order valence-corrected chi connectivity index (χ3v) is 3.57. The second kappa shape index (κ2) is 4.58. The van der Waals surface area contributed by atoms with Crippen molar-refractivity contribution in [1.82, 2.24) is 10.1 Å². The van der Waals surface area contributed by atoms with Gasteiger partial charge in [-0.15, -0.1) is 0 Å². The Hall–Kier alpha value is -1.60. The smallest absolute Gasteiger partial charge is 0.261 e. The first kappa shape index (κ1) is 12.8. The van der Waals surface area contributed by atoms with Crippen molar-refractivity contribution < 1.29 is 17.7 Å². The predicted molar refractivity (Wildman–Crippen MR) is 64.1 cm³/mol. The number of ether oxygens (including phenoxy) is 1. The Bertz CT molecular complexity index is 681. The maximum absolute atomic E-state index is 11.3. The van der Waals surface area contributed by atoms with E-state index in [1.54, 1.807) is 6.92 Å². The van der Waals surface area contributed by atoms with E-state index in [1.807, 2.05) is 0 Å². The molecule has 0 fully saturated rings. The molecule has 0 unspecified atom stereocenters. The Morgan fingerprint density at radius 3 is 2.61 bits per heavy atom. The fraction of sp³-hybridized carbons (Fsp3) is 0.200. The van der Waals surface area contributed by atoms with E-state index in [-0.39, 0.29) is 10.7 Å². The first-order valence-electron chi connectivity index (χ1n) is 4.85. The molecular formula is C10H9ClN2O4S. The van der Waals surface area contributed by atoms with Crippen molar-refractivity contribution >= 4 is 19.7 Å². The zero-order valence-corrected chi connectivity index (χ0v) is 11.1. The molecule has 0 saturated carbocycles. The largest absolute Gasteiger partial charge is 0.496 e. The molecule has 1 aromatic heterocycles. The molecule has 0 atom stereocenters. The lowest BCUT2D eigenvalue weighted by Gasteiger charge is -2.06. The van der Waals surface area contributed by atoms with E-state index >= 15 is 0 Å². The second-order valence-corrected chi connectivity index (χ2v) is 6.00. The normalized spacial score (nSPS) is 11.5. The summed E-state index contributed by atoms with van der Waals surface area (Å²) in [7, 11) is 2.92. The number of hydrogen-bond donors (Lipinski definition) is 0. The van der Waals surface area contributed by atoms with Gasteiger partial charge in [0.2, 0.25) is 11.7 Å². The molecular weight excluding hydrogens is 280 g/mol. The van der Waals surface area contributed by atoms with Crippen molar-refractivity contribution in [2.75, 3.05) is 7.11 Å². The zero-order chi connectivity index (χ0) is 13.3. The lowest BCUT2D eigenvalue weighted by Crippen LogP contribution is -1.95. The van der Waals surface area contributed by atoms with Crippen LogP contribution < -0.4 is 4.74 Å². The predicted octanol–water partition coefficient (Wildman–Crippen LogP) is 1.98. The van der Waals surface area contributed by atoms with Gasteiger partial charge in [-0.25, -0.2) is 8.42 Å². The summed E-state index contributed by atoms with van der Waals surface area (Å²) in [4.78, 5) is 3.96. The molecule has 0 bridgehead atoms. The van der Waals surface area contributed by atoms with Gasteiger partial charge in [-0.3, -0.25) is 0 Å². The van der Waals surface area contributed by atoms with Gasteiger partial charge in [-0.1, -0.05) is 5.16 Å². The van der Waals surface area contributed by atoms with Gasteiger partial charge in [-0.2, -0.15) is 4.98 Å².